The number of halogens is 2. The lowest BCUT2D eigenvalue weighted by molar-refractivity contribution is -0.117. The molecule has 0 aliphatic heterocycles. The molecular formula is C16H12Br2N4O2. The van der Waals surface area contributed by atoms with Gasteiger partial charge in [0, 0.05) is 8.95 Å². The monoisotopic (exact) mass is 450 g/mol. The number of amides is 1. The second-order valence-corrected chi connectivity index (χ2v) is 6.93. The Labute approximate surface area is 154 Å². The third kappa shape index (κ3) is 3.39. The Morgan fingerprint density at radius 3 is 2.58 bits per heavy atom. The van der Waals surface area contributed by atoms with Crippen LogP contribution in [0.15, 0.2) is 50.1 Å². The highest BCUT2D eigenvalue weighted by Gasteiger charge is 2.13. The third-order valence-electron chi connectivity index (χ3n) is 3.37. The van der Waals surface area contributed by atoms with E-state index in [0.717, 1.165) is 19.2 Å². The van der Waals surface area contributed by atoms with Crippen molar-refractivity contribution in [2.75, 3.05) is 5.32 Å². The van der Waals surface area contributed by atoms with Crippen LogP contribution in [0, 0.1) is 6.92 Å². The summed E-state index contributed by atoms with van der Waals surface area (Å²) in [5.74, 6) is -0.369. The lowest BCUT2D eigenvalue weighted by Gasteiger charge is -2.11. The number of carbonyl (C=O) groups is 1. The molecule has 0 unspecified atom stereocenters. The van der Waals surface area contributed by atoms with E-state index in [-0.39, 0.29) is 18.0 Å². The highest BCUT2D eigenvalue weighted by atomic mass is 79.9. The fraction of sp³-hybridized carbons (Fsp3) is 0.125. The molecule has 2 aromatic carbocycles. The molecule has 0 aliphatic rings. The van der Waals surface area contributed by atoms with Crippen molar-refractivity contribution in [1.29, 1.82) is 0 Å². The summed E-state index contributed by atoms with van der Waals surface area (Å²) in [5, 5.41) is 11.0. The molecule has 8 heteroatoms. The van der Waals surface area contributed by atoms with Gasteiger partial charge in [0.2, 0.25) is 5.91 Å². The number of hydrogen-bond acceptors (Lipinski definition) is 4. The predicted molar refractivity (Wildman–Crippen MR) is 99.0 cm³/mol. The Bertz CT molecular complexity index is 978. The van der Waals surface area contributed by atoms with Gasteiger partial charge in [0.1, 0.15) is 12.1 Å². The van der Waals surface area contributed by atoms with Crippen LogP contribution < -0.4 is 10.9 Å². The number of aromatic nitrogens is 3. The van der Waals surface area contributed by atoms with Crippen LogP contribution in [0.4, 0.5) is 5.69 Å². The van der Waals surface area contributed by atoms with Crippen LogP contribution in [0.5, 0.6) is 0 Å². The average molecular weight is 452 g/mol. The molecule has 0 radical (unpaired) electrons. The highest BCUT2D eigenvalue weighted by molar-refractivity contribution is 9.11. The average Bonchev–Trinajstić information content (AvgIpc) is 2.54. The molecule has 0 saturated heterocycles. The largest absolute Gasteiger partial charge is 0.323 e. The fourth-order valence-electron chi connectivity index (χ4n) is 2.26. The van der Waals surface area contributed by atoms with E-state index < -0.39 is 0 Å². The summed E-state index contributed by atoms with van der Waals surface area (Å²) in [6, 6.07) is 10.7. The Morgan fingerprint density at radius 2 is 1.88 bits per heavy atom. The van der Waals surface area contributed by atoms with Crippen LogP contribution >= 0.6 is 31.9 Å². The molecule has 3 aromatic rings. The number of carbonyl (C=O) groups excluding carboxylic acids is 1. The van der Waals surface area contributed by atoms with E-state index in [1.54, 1.807) is 24.3 Å². The number of rotatable bonds is 3. The van der Waals surface area contributed by atoms with Gasteiger partial charge < -0.3 is 5.32 Å². The first kappa shape index (κ1) is 16.8. The number of benzene rings is 2. The molecule has 0 atom stereocenters. The second-order valence-electron chi connectivity index (χ2n) is 5.22. The lowest BCUT2D eigenvalue weighted by atomic mass is 10.2. The van der Waals surface area contributed by atoms with E-state index in [9.17, 15) is 9.59 Å². The van der Waals surface area contributed by atoms with Crippen molar-refractivity contribution in [3.63, 3.8) is 0 Å². The molecule has 1 aromatic heterocycles. The Morgan fingerprint density at radius 1 is 1.21 bits per heavy atom. The number of nitrogens with zero attached hydrogens (tertiary/aromatic N) is 3. The Hall–Kier alpha value is -2.06. The minimum atomic E-state index is -0.369. The van der Waals surface area contributed by atoms with Crippen LogP contribution in [0.25, 0.3) is 10.9 Å². The van der Waals surface area contributed by atoms with Crippen LogP contribution in [-0.2, 0) is 11.3 Å². The van der Waals surface area contributed by atoms with Crippen LogP contribution in [0.2, 0.25) is 0 Å². The zero-order chi connectivity index (χ0) is 17.3. The summed E-state index contributed by atoms with van der Waals surface area (Å²) in [7, 11) is 0. The summed E-state index contributed by atoms with van der Waals surface area (Å²) in [4.78, 5) is 24.6. The Balaban J connectivity index is 1.86. The van der Waals surface area contributed by atoms with Crippen molar-refractivity contribution in [3.8, 4) is 0 Å². The smallest absolute Gasteiger partial charge is 0.278 e. The van der Waals surface area contributed by atoms with Crippen molar-refractivity contribution in [2.45, 2.75) is 13.5 Å². The third-order valence-corrected chi connectivity index (χ3v) is 4.62. The lowest BCUT2D eigenvalue weighted by Crippen LogP contribution is -2.30. The van der Waals surface area contributed by atoms with Crippen molar-refractivity contribution in [2.24, 2.45) is 0 Å². The van der Waals surface area contributed by atoms with E-state index in [4.69, 9.17) is 0 Å². The van der Waals surface area contributed by atoms with Crippen LogP contribution in [0.3, 0.4) is 0 Å². The predicted octanol–water partition coefficient (Wildman–Crippen LogP) is 3.26. The number of hydrogen-bond donors (Lipinski definition) is 1. The molecule has 0 aliphatic carbocycles. The maximum Gasteiger partial charge on any atom is 0.278 e. The topological polar surface area (TPSA) is 76.9 Å². The molecular weight excluding hydrogens is 440 g/mol. The zero-order valence-electron chi connectivity index (χ0n) is 12.6. The second kappa shape index (κ2) is 6.82. The van der Waals surface area contributed by atoms with Gasteiger partial charge in [0.05, 0.1) is 11.1 Å². The summed E-state index contributed by atoms with van der Waals surface area (Å²) < 4.78 is 2.55. The molecule has 3 rings (SSSR count). The maximum absolute atomic E-state index is 12.4. The summed E-state index contributed by atoms with van der Waals surface area (Å²) in [6.07, 6.45) is 0. The summed E-state index contributed by atoms with van der Waals surface area (Å²) >= 11 is 6.84. The zero-order valence-corrected chi connectivity index (χ0v) is 15.8. The minimum Gasteiger partial charge on any atom is -0.323 e. The molecule has 1 heterocycles. The van der Waals surface area contributed by atoms with Gasteiger partial charge >= 0.3 is 0 Å². The molecule has 1 amide bonds. The maximum atomic E-state index is 12.4. The number of anilines is 1. The highest BCUT2D eigenvalue weighted by Crippen LogP contribution is 2.32. The standard InChI is InChI=1S/C16H12Br2N4O2/c1-9-6-11(17)15(12(18)7-9)19-14(23)8-22-16(24)10-4-2-3-5-13(10)20-21-22/h2-7H,8H2,1H3,(H,19,23). The fourth-order valence-corrected chi connectivity index (χ4v) is 3.87. The van der Waals surface area contributed by atoms with Gasteiger partial charge in [-0.1, -0.05) is 17.3 Å². The van der Waals surface area contributed by atoms with Gasteiger partial charge in [0.25, 0.3) is 5.56 Å². The van der Waals surface area contributed by atoms with Crippen molar-refractivity contribution < 1.29 is 4.79 Å². The molecule has 24 heavy (non-hydrogen) atoms. The minimum absolute atomic E-state index is 0.219. The molecule has 122 valence electrons. The molecule has 6 nitrogen and oxygen atoms in total. The van der Waals surface area contributed by atoms with E-state index in [1.807, 2.05) is 19.1 Å². The van der Waals surface area contributed by atoms with Gasteiger partial charge in [-0.25, -0.2) is 4.68 Å². The number of fused-ring (bicyclic) bond motifs is 1. The summed E-state index contributed by atoms with van der Waals surface area (Å²) in [6.45, 7) is 1.73. The van der Waals surface area contributed by atoms with Crippen molar-refractivity contribution in [1.82, 2.24) is 15.0 Å². The van der Waals surface area contributed by atoms with Gasteiger partial charge in [-0.15, -0.1) is 5.10 Å². The normalized spacial score (nSPS) is 10.8. The first-order valence-electron chi connectivity index (χ1n) is 7.04. The van der Waals surface area contributed by atoms with E-state index in [0.29, 0.717) is 16.6 Å². The summed E-state index contributed by atoms with van der Waals surface area (Å²) in [5.41, 5.74) is 1.80. The van der Waals surface area contributed by atoms with Crippen molar-refractivity contribution in [3.05, 3.63) is 61.3 Å². The number of aryl methyl sites for hydroxylation is 1. The molecule has 1 N–H and O–H groups in total. The van der Waals surface area contributed by atoms with Crippen LogP contribution in [0.1, 0.15) is 5.56 Å². The van der Waals surface area contributed by atoms with E-state index in [2.05, 4.69) is 47.5 Å². The Kier molecular flexibility index (Phi) is 4.77. The van der Waals surface area contributed by atoms with Crippen LogP contribution in [-0.4, -0.2) is 20.9 Å². The quantitative estimate of drug-likeness (QED) is 0.662. The first-order chi connectivity index (χ1) is 11.5. The van der Waals surface area contributed by atoms with Gasteiger partial charge in [-0.3, -0.25) is 9.59 Å². The van der Waals surface area contributed by atoms with Gasteiger partial charge in [-0.05, 0) is 68.6 Å². The molecule has 0 spiro atoms. The van der Waals surface area contributed by atoms with E-state index >= 15 is 0 Å². The molecule has 0 bridgehead atoms. The first-order valence-corrected chi connectivity index (χ1v) is 8.62. The van der Waals surface area contributed by atoms with Crippen molar-refractivity contribution >= 4 is 54.4 Å². The van der Waals surface area contributed by atoms with Gasteiger partial charge in [-0.2, -0.15) is 0 Å². The SMILES string of the molecule is Cc1cc(Br)c(NC(=O)Cn2nnc3ccccc3c2=O)c(Br)c1. The molecule has 0 saturated carbocycles. The number of nitrogens with one attached hydrogen (secondary N) is 1. The van der Waals surface area contributed by atoms with E-state index in [1.165, 1.54) is 0 Å². The molecule has 0 fully saturated rings. The van der Waals surface area contributed by atoms with Gasteiger partial charge in [0.15, 0.2) is 0 Å².